The van der Waals surface area contributed by atoms with Crippen molar-refractivity contribution in [3.05, 3.63) is 0 Å². The third kappa shape index (κ3) is 39.0. The Balaban J connectivity index is -0.000000483. The summed E-state index contributed by atoms with van der Waals surface area (Å²) in [5, 5.41) is 11.5. The highest BCUT2D eigenvalue weighted by atomic mass is 32.2. The van der Waals surface area contributed by atoms with Gasteiger partial charge in [-0.3, -0.25) is 0 Å². The number of nitrogens with two attached hydrogens (primary N) is 3. The minimum absolute atomic E-state index is 0.0479. The molecule has 15 nitrogen and oxygen atoms in total. The Morgan fingerprint density at radius 2 is 1.00 bits per heavy atom. The lowest BCUT2D eigenvalue weighted by Gasteiger charge is -2.20. The normalized spacial score (nSPS) is 12.0. The molecule has 216 valence electrons. The summed E-state index contributed by atoms with van der Waals surface area (Å²) in [5.74, 6) is -0.431. The van der Waals surface area contributed by atoms with Crippen LogP contribution in [-0.4, -0.2) is 76.6 Å². The first kappa shape index (κ1) is 38.3. The van der Waals surface area contributed by atoms with Crippen LogP contribution in [0.3, 0.4) is 0 Å². The van der Waals surface area contributed by atoms with Crippen LogP contribution in [0.1, 0.15) is 62.3 Å². The van der Waals surface area contributed by atoms with Gasteiger partial charge < -0.3 is 30.0 Å². The summed E-state index contributed by atoms with van der Waals surface area (Å²) in [6, 6.07) is 0. The maximum absolute atomic E-state index is 11.0. The lowest BCUT2D eigenvalue weighted by atomic mass is 10.2. The molecular formula is C19H42N4O11S2. The van der Waals surface area contributed by atoms with E-state index >= 15 is 0 Å². The zero-order valence-corrected chi connectivity index (χ0v) is 24.0. The molecule has 0 aliphatic rings. The van der Waals surface area contributed by atoms with E-state index in [-0.39, 0.29) is 24.6 Å². The number of primary sulfonamides is 2. The maximum Gasteiger partial charge on any atom is 0.519 e. The zero-order valence-electron chi connectivity index (χ0n) is 22.4. The largest absolute Gasteiger partial charge is 0.519 e. The molecule has 17 heteroatoms. The van der Waals surface area contributed by atoms with E-state index in [0.717, 1.165) is 0 Å². The number of rotatable bonds is 5. The van der Waals surface area contributed by atoms with E-state index in [2.05, 4.69) is 15.2 Å². The van der Waals surface area contributed by atoms with Gasteiger partial charge in [0.1, 0.15) is 16.8 Å². The highest BCUT2D eigenvalue weighted by molar-refractivity contribution is 7.89. The van der Waals surface area contributed by atoms with E-state index in [1.54, 1.807) is 62.3 Å². The molecule has 36 heavy (non-hydrogen) atoms. The van der Waals surface area contributed by atoms with Crippen LogP contribution in [0.5, 0.6) is 0 Å². The van der Waals surface area contributed by atoms with Crippen molar-refractivity contribution >= 4 is 38.5 Å². The van der Waals surface area contributed by atoms with Gasteiger partial charge in [0.15, 0.2) is 0 Å². The molecule has 0 rings (SSSR count). The average Bonchev–Trinajstić information content (AvgIpc) is 2.47. The van der Waals surface area contributed by atoms with Gasteiger partial charge in [-0.15, -0.1) is 0 Å². The molecule has 1 amide bonds. The molecule has 0 saturated heterocycles. The number of ether oxygens (including phenoxy) is 4. The number of hydrogen-bond donors (Lipinski definition) is 4. The van der Waals surface area contributed by atoms with Crippen LogP contribution >= 0.6 is 0 Å². The summed E-state index contributed by atoms with van der Waals surface area (Å²) < 4.78 is 59.5. The summed E-state index contributed by atoms with van der Waals surface area (Å²) in [6.07, 6.45) is -2.77. The molecule has 0 radical (unpaired) electrons. The lowest BCUT2D eigenvalue weighted by Crippen LogP contribution is -2.36. The van der Waals surface area contributed by atoms with E-state index in [9.17, 15) is 31.2 Å². The summed E-state index contributed by atoms with van der Waals surface area (Å²) in [4.78, 5) is 33.0. The average molecular weight is 567 g/mol. The smallest absolute Gasteiger partial charge is 0.444 e. The van der Waals surface area contributed by atoms with Crippen molar-refractivity contribution in [2.45, 2.75) is 79.1 Å². The van der Waals surface area contributed by atoms with Crippen LogP contribution in [0.2, 0.25) is 0 Å². The molecule has 0 aromatic heterocycles. The maximum atomic E-state index is 11.0. The van der Waals surface area contributed by atoms with E-state index in [4.69, 9.17) is 25.1 Å². The highest BCUT2D eigenvalue weighted by Gasteiger charge is 2.24. The van der Waals surface area contributed by atoms with Crippen molar-refractivity contribution in [1.82, 2.24) is 5.32 Å². The fraction of sp³-hybridized carbons (Fsp3) is 0.842. The molecule has 0 fully saturated rings. The van der Waals surface area contributed by atoms with Crippen molar-refractivity contribution in [2.24, 2.45) is 16.0 Å². The van der Waals surface area contributed by atoms with E-state index in [0.29, 0.717) is 0 Å². The minimum Gasteiger partial charge on any atom is -0.444 e. The van der Waals surface area contributed by atoms with Gasteiger partial charge in [0.2, 0.25) is 20.0 Å². The number of carbonyl (C=O) groups is 3. The lowest BCUT2D eigenvalue weighted by molar-refractivity contribution is -0.0294. The predicted molar refractivity (Wildman–Crippen MR) is 133 cm³/mol. The van der Waals surface area contributed by atoms with Crippen LogP contribution in [0.25, 0.3) is 0 Å². The standard InChI is InChI=1S/C10H18O5.C7H16N2O4S.C2H8N2O2S/c1-9(2,3)14-7(11)13-8(12)15-10(4,5)6;1-7(2,3)13-6(10)9-4-5-14(8,11)12;3-1-2-7(4,5)6/h1-6H3;4-5H2,1-3H3,(H,9,10)(H2,8,11,12);1-3H2,(H2,4,5,6). The molecule has 0 atom stereocenters. The van der Waals surface area contributed by atoms with Gasteiger partial charge in [0.05, 0.1) is 11.5 Å². The molecule has 0 aliphatic heterocycles. The van der Waals surface area contributed by atoms with Crippen LogP contribution in [0, 0.1) is 0 Å². The number of sulfonamides is 2. The monoisotopic (exact) mass is 566 g/mol. The highest BCUT2D eigenvalue weighted by Crippen LogP contribution is 2.11. The van der Waals surface area contributed by atoms with Gasteiger partial charge in [-0.1, -0.05) is 0 Å². The van der Waals surface area contributed by atoms with Crippen LogP contribution in [0.4, 0.5) is 14.4 Å². The zero-order chi connectivity index (χ0) is 29.6. The summed E-state index contributed by atoms with van der Waals surface area (Å²) in [7, 11) is -6.83. The predicted octanol–water partition coefficient (Wildman–Crippen LogP) is 0.906. The van der Waals surface area contributed by atoms with Crippen LogP contribution in [0.15, 0.2) is 0 Å². The Morgan fingerprint density at radius 1 is 0.667 bits per heavy atom. The van der Waals surface area contributed by atoms with Crippen molar-refractivity contribution in [1.29, 1.82) is 0 Å². The summed E-state index contributed by atoms with van der Waals surface area (Å²) >= 11 is 0. The SMILES string of the molecule is CC(C)(C)OC(=O)NCCS(N)(=O)=O.CC(C)(C)OC(=O)OC(=O)OC(C)(C)C.NCCS(N)(=O)=O. The number of alkyl carbamates (subject to hydrolysis) is 1. The molecule has 0 saturated carbocycles. The molecule has 0 aromatic carbocycles. The minimum atomic E-state index is -3.53. The molecule has 0 aliphatic carbocycles. The Hall–Kier alpha value is -2.21. The molecular weight excluding hydrogens is 524 g/mol. The Bertz CT molecular complexity index is 873. The quantitative estimate of drug-likeness (QED) is 0.206. The molecule has 0 aromatic rings. The number of amides is 1. The summed E-state index contributed by atoms with van der Waals surface area (Å²) in [6.45, 7) is 15.2. The van der Waals surface area contributed by atoms with Gasteiger partial charge in [-0.05, 0) is 62.3 Å². The fourth-order valence-electron chi connectivity index (χ4n) is 1.38. The molecule has 7 N–H and O–H groups in total. The second-order valence-corrected chi connectivity index (χ2v) is 13.5. The first-order valence-corrected chi connectivity index (χ1v) is 13.9. The van der Waals surface area contributed by atoms with E-state index < -0.39 is 55.3 Å². The van der Waals surface area contributed by atoms with Gasteiger partial charge >= 0.3 is 18.4 Å². The number of carbonyl (C=O) groups excluding carboxylic acids is 3. The fourth-order valence-corrected chi connectivity index (χ4v) is 2.10. The van der Waals surface area contributed by atoms with Gasteiger partial charge in [-0.25, -0.2) is 41.5 Å². The van der Waals surface area contributed by atoms with Gasteiger partial charge in [0.25, 0.3) is 0 Å². The van der Waals surface area contributed by atoms with Gasteiger partial charge in [-0.2, -0.15) is 0 Å². The van der Waals surface area contributed by atoms with Crippen molar-refractivity contribution < 1.29 is 50.2 Å². The first-order valence-electron chi connectivity index (χ1n) is 10.5. The topological polar surface area (TPSA) is 246 Å². The number of hydrogen-bond acceptors (Lipinski definition) is 12. The van der Waals surface area contributed by atoms with E-state index in [1.165, 1.54) is 0 Å². The van der Waals surface area contributed by atoms with Crippen molar-refractivity contribution in [3.8, 4) is 0 Å². The molecule has 0 heterocycles. The van der Waals surface area contributed by atoms with Crippen molar-refractivity contribution in [2.75, 3.05) is 24.6 Å². The molecule has 0 bridgehead atoms. The Kier molecular flexibility index (Phi) is 16.8. The van der Waals surface area contributed by atoms with E-state index in [1.807, 2.05) is 0 Å². The van der Waals surface area contributed by atoms with Gasteiger partial charge in [0, 0.05) is 13.1 Å². The molecule has 0 spiro atoms. The Morgan fingerprint density at radius 3 is 1.22 bits per heavy atom. The summed E-state index contributed by atoms with van der Waals surface area (Å²) in [5.41, 5.74) is 2.87. The third-order valence-electron chi connectivity index (χ3n) is 2.40. The Labute approximate surface area is 213 Å². The molecule has 0 unspecified atom stereocenters. The second kappa shape index (κ2) is 15.8. The van der Waals surface area contributed by atoms with Crippen LogP contribution < -0.4 is 21.3 Å². The first-order chi connectivity index (χ1) is 15.7. The van der Waals surface area contributed by atoms with Crippen LogP contribution in [-0.2, 0) is 39.0 Å². The second-order valence-electron chi connectivity index (χ2n) is 9.98. The third-order valence-corrected chi connectivity index (χ3v) is 3.98. The number of nitrogens with one attached hydrogen (secondary N) is 1. The van der Waals surface area contributed by atoms with Crippen molar-refractivity contribution in [3.63, 3.8) is 0 Å².